The molecule has 0 aliphatic rings. The summed E-state index contributed by atoms with van der Waals surface area (Å²) in [5, 5.41) is 12.2. The van der Waals surface area contributed by atoms with Crippen molar-refractivity contribution in [2.45, 2.75) is 13.8 Å². The topological polar surface area (TPSA) is 41.6 Å². The zero-order chi connectivity index (χ0) is 23.9. The van der Waals surface area contributed by atoms with Crippen molar-refractivity contribution in [1.82, 2.24) is 9.55 Å². The second kappa shape index (κ2) is 8.27. The third-order valence-corrected chi connectivity index (χ3v) is 6.74. The number of aromatic nitrogens is 2. The van der Waals surface area contributed by atoms with Crippen LogP contribution in [-0.4, -0.2) is 9.55 Å². The van der Waals surface area contributed by atoms with Gasteiger partial charge < -0.3 is 4.57 Å². The van der Waals surface area contributed by atoms with Gasteiger partial charge in [-0.1, -0.05) is 60.2 Å². The first kappa shape index (κ1) is 20.9. The summed E-state index contributed by atoms with van der Waals surface area (Å²) in [6, 6.07) is 34.1. The molecule has 6 rings (SSSR count). The van der Waals surface area contributed by atoms with E-state index in [2.05, 4.69) is 96.2 Å². The highest BCUT2D eigenvalue weighted by molar-refractivity contribution is 6.14. The van der Waals surface area contributed by atoms with Crippen LogP contribution in [-0.2, 0) is 0 Å². The quantitative estimate of drug-likeness (QED) is 0.275. The van der Waals surface area contributed by atoms with E-state index in [1.807, 2.05) is 24.3 Å². The molecule has 2 aromatic heterocycles. The van der Waals surface area contributed by atoms with Gasteiger partial charge >= 0.3 is 0 Å². The fourth-order valence-electron chi connectivity index (χ4n) is 5.16. The van der Waals surface area contributed by atoms with Gasteiger partial charge in [-0.15, -0.1) is 0 Å². The molecule has 0 aliphatic carbocycles. The zero-order valence-electron chi connectivity index (χ0n) is 19.7. The Morgan fingerprint density at radius 1 is 0.714 bits per heavy atom. The van der Waals surface area contributed by atoms with E-state index in [-0.39, 0.29) is 0 Å². The predicted octanol–water partition coefficient (Wildman–Crippen LogP) is 8.00. The lowest BCUT2D eigenvalue weighted by Crippen LogP contribution is -1.98. The number of hydrogen-bond donors (Lipinski definition) is 0. The van der Waals surface area contributed by atoms with Crippen molar-refractivity contribution in [2.75, 3.05) is 0 Å². The number of pyridine rings is 1. The average molecular weight is 450 g/mol. The van der Waals surface area contributed by atoms with Gasteiger partial charge in [-0.05, 0) is 66.9 Å². The number of para-hydroxylation sites is 2. The Morgan fingerprint density at radius 2 is 1.51 bits per heavy atom. The Kier molecular flexibility index (Phi) is 4.94. The maximum Gasteiger partial charge on any atom is 0.0998 e. The molecule has 166 valence electrons. The van der Waals surface area contributed by atoms with E-state index in [0.717, 1.165) is 22.3 Å². The minimum Gasteiger partial charge on any atom is -0.309 e. The van der Waals surface area contributed by atoms with E-state index in [1.165, 1.54) is 38.5 Å². The van der Waals surface area contributed by atoms with Crippen LogP contribution >= 0.6 is 0 Å². The summed E-state index contributed by atoms with van der Waals surface area (Å²) in [6.45, 7) is 4.31. The van der Waals surface area contributed by atoms with E-state index in [4.69, 9.17) is 0 Å². The minimum atomic E-state index is 0.648. The number of hydrogen-bond acceptors (Lipinski definition) is 2. The summed E-state index contributed by atoms with van der Waals surface area (Å²) < 4.78 is 2.34. The van der Waals surface area contributed by atoms with E-state index in [0.29, 0.717) is 5.56 Å². The van der Waals surface area contributed by atoms with Gasteiger partial charge in [0.25, 0.3) is 0 Å². The van der Waals surface area contributed by atoms with Gasteiger partial charge in [0.1, 0.15) is 0 Å². The molecule has 4 aromatic carbocycles. The molecule has 0 N–H and O–H groups in total. The van der Waals surface area contributed by atoms with Crippen molar-refractivity contribution in [3.63, 3.8) is 0 Å². The molecule has 0 unspecified atom stereocenters. The van der Waals surface area contributed by atoms with Crippen molar-refractivity contribution in [3.05, 3.63) is 120 Å². The molecule has 0 bridgehead atoms. The first-order valence-corrected chi connectivity index (χ1v) is 11.7. The van der Waals surface area contributed by atoms with Crippen LogP contribution in [0.2, 0.25) is 0 Å². The number of fused-ring (bicyclic) bond motifs is 3. The van der Waals surface area contributed by atoms with Gasteiger partial charge in [-0.3, -0.25) is 4.98 Å². The number of nitrogens with zero attached hydrogens (tertiary/aromatic N) is 3. The van der Waals surface area contributed by atoms with Crippen LogP contribution < -0.4 is 0 Å². The summed E-state index contributed by atoms with van der Waals surface area (Å²) in [4.78, 5) is 4.15. The lowest BCUT2D eigenvalue weighted by Gasteiger charge is -2.15. The highest BCUT2D eigenvalue weighted by Gasteiger charge is 2.18. The molecule has 0 aliphatic heterocycles. The van der Waals surface area contributed by atoms with Crippen LogP contribution in [0.3, 0.4) is 0 Å². The second-order valence-corrected chi connectivity index (χ2v) is 8.95. The minimum absolute atomic E-state index is 0.648. The number of aryl methyl sites for hydroxylation is 2. The van der Waals surface area contributed by atoms with E-state index < -0.39 is 0 Å². The molecule has 0 saturated carbocycles. The van der Waals surface area contributed by atoms with Crippen molar-refractivity contribution in [3.8, 4) is 34.0 Å². The molecule has 0 amide bonds. The first-order valence-electron chi connectivity index (χ1n) is 11.7. The Morgan fingerprint density at radius 3 is 2.31 bits per heavy atom. The SMILES string of the molecule is Cc1ccc(-c2cccc3c4ccccc4n(-c4ccc(C#N)c(-c5ccncc5)c4)c23)c(C)c1. The summed E-state index contributed by atoms with van der Waals surface area (Å²) in [7, 11) is 0. The largest absolute Gasteiger partial charge is 0.309 e. The van der Waals surface area contributed by atoms with Crippen LogP contribution in [0.25, 0.3) is 49.7 Å². The normalized spacial score (nSPS) is 11.1. The molecule has 0 spiro atoms. The average Bonchev–Trinajstić information content (AvgIpc) is 3.24. The zero-order valence-corrected chi connectivity index (χ0v) is 19.7. The second-order valence-electron chi connectivity index (χ2n) is 8.95. The highest BCUT2D eigenvalue weighted by Crippen LogP contribution is 2.40. The summed E-state index contributed by atoms with van der Waals surface area (Å²) in [5.74, 6) is 0. The molecule has 0 radical (unpaired) electrons. The van der Waals surface area contributed by atoms with Crippen LogP contribution in [0.4, 0.5) is 0 Å². The van der Waals surface area contributed by atoms with Gasteiger partial charge in [0, 0.05) is 40.0 Å². The first-order chi connectivity index (χ1) is 17.2. The molecule has 0 saturated heterocycles. The van der Waals surface area contributed by atoms with Crippen molar-refractivity contribution in [2.24, 2.45) is 0 Å². The monoisotopic (exact) mass is 449 g/mol. The van der Waals surface area contributed by atoms with Gasteiger partial charge in [0.15, 0.2) is 0 Å². The molecule has 35 heavy (non-hydrogen) atoms. The Balaban J connectivity index is 1.72. The maximum absolute atomic E-state index is 9.82. The molecular formula is C32H23N3. The third kappa shape index (κ3) is 3.39. The number of benzene rings is 4. The maximum atomic E-state index is 9.82. The van der Waals surface area contributed by atoms with Crippen molar-refractivity contribution < 1.29 is 0 Å². The molecule has 0 fully saturated rings. The molecule has 0 atom stereocenters. The van der Waals surface area contributed by atoms with Gasteiger partial charge in [0.2, 0.25) is 0 Å². The number of rotatable bonds is 3. The molecule has 3 nitrogen and oxygen atoms in total. The smallest absolute Gasteiger partial charge is 0.0998 e. The standard InChI is InChI=1S/C32H23N3/c1-21-10-13-26(22(2)18-21)28-7-5-8-29-27-6-3-4-9-31(27)35(32(28)29)25-12-11-24(20-33)30(19-25)23-14-16-34-17-15-23/h3-19H,1-2H3. The van der Waals surface area contributed by atoms with E-state index in [9.17, 15) is 5.26 Å². The van der Waals surface area contributed by atoms with Crippen molar-refractivity contribution in [1.29, 1.82) is 5.26 Å². The van der Waals surface area contributed by atoms with Crippen LogP contribution in [0.15, 0.2) is 103 Å². The van der Waals surface area contributed by atoms with E-state index in [1.54, 1.807) is 12.4 Å². The third-order valence-electron chi connectivity index (χ3n) is 6.74. The Labute approximate surface area is 204 Å². The predicted molar refractivity (Wildman–Crippen MR) is 144 cm³/mol. The van der Waals surface area contributed by atoms with E-state index >= 15 is 0 Å². The van der Waals surface area contributed by atoms with Gasteiger partial charge in [-0.25, -0.2) is 0 Å². The fourth-order valence-corrected chi connectivity index (χ4v) is 5.16. The summed E-state index contributed by atoms with van der Waals surface area (Å²) in [5.41, 5.74) is 10.8. The number of nitriles is 1. The lowest BCUT2D eigenvalue weighted by atomic mass is 9.96. The van der Waals surface area contributed by atoms with Gasteiger partial charge in [0.05, 0.1) is 22.7 Å². The van der Waals surface area contributed by atoms with Crippen LogP contribution in [0, 0.1) is 25.2 Å². The fraction of sp³-hybridized carbons (Fsp3) is 0.0625. The molecular weight excluding hydrogens is 426 g/mol. The van der Waals surface area contributed by atoms with Crippen molar-refractivity contribution >= 4 is 21.8 Å². The van der Waals surface area contributed by atoms with Crippen LogP contribution in [0.1, 0.15) is 16.7 Å². The summed E-state index contributed by atoms with van der Waals surface area (Å²) >= 11 is 0. The highest BCUT2D eigenvalue weighted by atomic mass is 15.0. The summed E-state index contributed by atoms with van der Waals surface area (Å²) in [6.07, 6.45) is 3.53. The lowest BCUT2D eigenvalue weighted by molar-refractivity contribution is 1.18. The molecule has 3 heteroatoms. The van der Waals surface area contributed by atoms with Crippen LogP contribution in [0.5, 0.6) is 0 Å². The Bertz CT molecular complexity index is 1770. The van der Waals surface area contributed by atoms with Gasteiger partial charge in [-0.2, -0.15) is 5.26 Å². The molecule has 6 aromatic rings. The molecule has 2 heterocycles. The Hall–Kier alpha value is -4.68.